The van der Waals surface area contributed by atoms with Crippen LogP contribution in [-0.4, -0.2) is 4.98 Å². The van der Waals surface area contributed by atoms with Gasteiger partial charge in [0.1, 0.15) is 16.9 Å². The standard InChI is InChI=1S/C16H9FN2S2/c17-14-3-1-12(2-4-14)15-10-21-16(19-15)13(8-18)7-11-5-6-20-9-11/h1-7,9-10H/b13-7+. The van der Waals surface area contributed by atoms with Gasteiger partial charge in [0.2, 0.25) is 0 Å². The summed E-state index contributed by atoms with van der Waals surface area (Å²) in [4.78, 5) is 4.47. The van der Waals surface area contributed by atoms with Crippen molar-refractivity contribution in [2.24, 2.45) is 0 Å². The minimum absolute atomic E-state index is 0.274. The number of thiazole rings is 1. The van der Waals surface area contributed by atoms with Gasteiger partial charge in [-0.25, -0.2) is 9.37 Å². The monoisotopic (exact) mass is 312 g/mol. The highest BCUT2D eigenvalue weighted by Crippen LogP contribution is 2.27. The Labute approximate surface area is 129 Å². The van der Waals surface area contributed by atoms with E-state index < -0.39 is 0 Å². The van der Waals surface area contributed by atoms with Gasteiger partial charge in [-0.2, -0.15) is 16.6 Å². The SMILES string of the molecule is N#C/C(=C\c1ccsc1)c1nc(-c2ccc(F)cc2)cs1. The molecule has 2 heterocycles. The second-order valence-electron chi connectivity index (χ2n) is 4.27. The molecule has 0 bridgehead atoms. The van der Waals surface area contributed by atoms with Crippen LogP contribution in [0.5, 0.6) is 0 Å². The van der Waals surface area contributed by atoms with Crippen molar-refractivity contribution in [2.75, 3.05) is 0 Å². The van der Waals surface area contributed by atoms with Gasteiger partial charge in [-0.15, -0.1) is 11.3 Å². The average molecular weight is 312 g/mol. The number of benzene rings is 1. The lowest BCUT2D eigenvalue weighted by atomic mass is 10.2. The molecule has 2 nitrogen and oxygen atoms in total. The zero-order valence-electron chi connectivity index (χ0n) is 10.8. The summed E-state index contributed by atoms with van der Waals surface area (Å²) in [6, 6.07) is 10.3. The molecule has 5 heteroatoms. The van der Waals surface area contributed by atoms with Crippen LogP contribution in [0.1, 0.15) is 10.6 Å². The van der Waals surface area contributed by atoms with Gasteiger partial charge in [0.15, 0.2) is 0 Å². The Balaban J connectivity index is 1.94. The molecule has 0 aliphatic carbocycles. The summed E-state index contributed by atoms with van der Waals surface area (Å²) in [6.45, 7) is 0. The van der Waals surface area contributed by atoms with Gasteiger partial charge in [-0.1, -0.05) is 0 Å². The number of hydrogen-bond donors (Lipinski definition) is 0. The second kappa shape index (κ2) is 6.00. The van der Waals surface area contributed by atoms with Crippen LogP contribution in [-0.2, 0) is 0 Å². The topological polar surface area (TPSA) is 36.7 Å². The molecule has 0 unspecified atom stereocenters. The first-order valence-electron chi connectivity index (χ1n) is 6.12. The van der Waals surface area contributed by atoms with E-state index in [1.807, 2.05) is 28.3 Å². The van der Waals surface area contributed by atoms with Crippen LogP contribution >= 0.6 is 22.7 Å². The predicted octanol–water partition coefficient (Wildman–Crippen LogP) is 5.07. The highest BCUT2D eigenvalue weighted by Gasteiger charge is 2.09. The molecule has 2 aromatic heterocycles. The highest BCUT2D eigenvalue weighted by molar-refractivity contribution is 7.11. The van der Waals surface area contributed by atoms with E-state index in [9.17, 15) is 9.65 Å². The van der Waals surface area contributed by atoms with Gasteiger partial charge in [0.05, 0.1) is 11.3 Å². The Kier molecular flexibility index (Phi) is 3.91. The molecule has 3 aromatic rings. The molecule has 0 amide bonds. The largest absolute Gasteiger partial charge is 0.235 e. The van der Waals surface area contributed by atoms with E-state index in [1.165, 1.54) is 23.5 Å². The number of halogens is 1. The maximum absolute atomic E-state index is 12.9. The van der Waals surface area contributed by atoms with E-state index in [2.05, 4.69) is 11.1 Å². The van der Waals surface area contributed by atoms with Crippen molar-refractivity contribution in [2.45, 2.75) is 0 Å². The molecule has 0 radical (unpaired) electrons. The van der Waals surface area contributed by atoms with Crippen molar-refractivity contribution in [3.05, 3.63) is 62.9 Å². The molecule has 0 fully saturated rings. The number of allylic oxidation sites excluding steroid dienone is 1. The third-order valence-corrected chi connectivity index (χ3v) is 4.43. The van der Waals surface area contributed by atoms with Gasteiger partial charge in [-0.05, 0) is 52.7 Å². The fourth-order valence-corrected chi connectivity index (χ4v) is 3.23. The predicted molar refractivity (Wildman–Crippen MR) is 85.3 cm³/mol. The molecule has 102 valence electrons. The van der Waals surface area contributed by atoms with Crippen LogP contribution in [0.2, 0.25) is 0 Å². The highest BCUT2D eigenvalue weighted by atomic mass is 32.1. The minimum Gasteiger partial charge on any atom is -0.235 e. The molecule has 0 aliphatic heterocycles. The van der Waals surface area contributed by atoms with Crippen molar-refractivity contribution in [3.8, 4) is 17.3 Å². The maximum atomic E-state index is 12.9. The third-order valence-electron chi connectivity index (χ3n) is 2.85. The molecule has 0 aliphatic rings. The van der Waals surface area contributed by atoms with Crippen molar-refractivity contribution in [1.82, 2.24) is 4.98 Å². The molecule has 0 N–H and O–H groups in total. The summed E-state index contributed by atoms with van der Waals surface area (Å²) in [5.41, 5.74) is 3.12. The van der Waals surface area contributed by atoms with Crippen molar-refractivity contribution in [3.63, 3.8) is 0 Å². The number of thiophene rings is 1. The Hall–Kier alpha value is -2.29. The summed E-state index contributed by atoms with van der Waals surface area (Å²) in [7, 11) is 0. The van der Waals surface area contributed by atoms with E-state index in [1.54, 1.807) is 23.5 Å². The quantitative estimate of drug-likeness (QED) is 0.633. The lowest BCUT2D eigenvalue weighted by molar-refractivity contribution is 0.628. The van der Waals surface area contributed by atoms with Crippen LogP contribution in [0.25, 0.3) is 22.9 Å². The number of nitriles is 1. The number of nitrogens with zero attached hydrogens (tertiary/aromatic N) is 2. The minimum atomic E-state index is -0.274. The van der Waals surface area contributed by atoms with Gasteiger partial charge in [0, 0.05) is 10.9 Å². The molecule has 21 heavy (non-hydrogen) atoms. The molecule has 0 saturated carbocycles. The van der Waals surface area contributed by atoms with Crippen molar-refractivity contribution < 1.29 is 4.39 Å². The smallest absolute Gasteiger partial charge is 0.134 e. The first-order chi connectivity index (χ1) is 10.3. The third kappa shape index (κ3) is 3.07. The lowest BCUT2D eigenvalue weighted by Gasteiger charge is -1.96. The van der Waals surface area contributed by atoms with Crippen LogP contribution < -0.4 is 0 Å². The van der Waals surface area contributed by atoms with E-state index in [4.69, 9.17) is 0 Å². The molecule has 3 rings (SSSR count). The van der Waals surface area contributed by atoms with Crippen molar-refractivity contribution in [1.29, 1.82) is 5.26 Å². The van der Waals surface area contributed by atoms with E-state index in [-0.39, 0.29) is 5.82 Å². The summed E-state index contributed by atoms with van der Waals surface area (Å²) in [6.07, 6.45) is 1.82. The van der Waals surface area contributed by atoms with Crippen LogP contribution in [0, 0.1) is 17.1 Å². The summed E-state index contributed by atoms with van der Waals surface area (Å²) < 4.78 is 12.9. The molecule has 0 atom stereocenters. The van der Waals surface area contributed by atoms with Gasteiger partial charge in [-0.3, -0.25) is 0 Å². The van der Waals surface area contributed by atoms with E-state index >= 15 is 0 Å². The zero-order chi connectivity index (χ0) is 14.7. The summed E-state index contributed by atoms with van der Waals surface area (Å²) in [5, 5.41) is 15.8. The zero-order valence-corrected chi connectivity index (χ0v) is 12.4. The number of aromatic nitrogens is 1. The van der Waals surface area contributed by atoms with E-state index in [0.29, 0.717) is 10.6 Å². The van der Waals surface area contributed by atoms with Crippen LogP contribution in [0.15, 0.2) is 46.5 Å². The molecular weight excluding hydrogens is 303 g/mol. The molecule has 0 saturated heterocycles. The Morgan fingerprint density at radius 1 is 1.19 bits per heavy atom. The van der Waals surface area contributed by atoms with Gasteiger partial charge in [0.25, 0.3) is 0 Å². The fraction of sp³-hybridized carbons (Fsp3) is 0. The normalized spacial score (nSPS) is 11.3. The molecule has 1 aromatic carbocycles. The number of rotatable bonds is 3. The molecule has 0 spiro atoms. The lowest BCUT2D eigenvalue weighted by Crippen LogP contribution is -1.82. The van der Waals surface area contributed by atoms with Gasteiger partial charge >= 0.3 is 0 Å². The van der Waals surface area contributed by atoms with E-state index in [0.717, 1.165) is 16.8 Å². The maximum Gasteiger partial charge on any atom is 0.134 e. The Morgan fingerprint density at radius 3 is 2.67 bits per heavy atom. The summed E-state index contributed by atoms with van der Waals surface area (Å²) in [5.74, 6) is -0.274. The van der Waals surface area contributed by atoms with Crippen LogP contribution in [0.3, 0.4) is 0 Å². The summed E-state index contributed by atoms with van der Waals surface area (Å²) >= 11 is 3.00. The van der Waals surface area contributed by atoms with Crippen LogP contribution in [0.4, 0.5) is 4.39 Å². The Morgan fingerprint density at radius 2 is 2.00 bits per heavy atom. The first kappa shape index (κ1) is 13.7. The number of hydrogen-bond acceptors (Lipinski definition) is 4. The fourth-order valence-electron chi connectivity index (χ4n) is 1.82. The second-order valence-corrected chi connectivity index (χ2v) is 5.91. The van der Waals surface area contributed by atoms with Gasteiger partial charge < -0.3 is 0 Å². The first-order valence-corrected chi connectivity index (χ1v) is 7.94. The Bertz CT molecular complexity index is 809. The average Bonchev–Trinajstić information content (AvgIpc) is 3.17. The van der Waals surface area contributed by atoms with Crippen molar-refractivity contribution >= 4 is 34.3 Å². The molecular formula is C16H9FN2S2.